The minimum absolute atomic E-state index is 0.149. The van der Waals surface area contributed by atoms with Gasteiger partial charge in [0.05, 0.1) is 6.04 Å². The quantitative estimate of drug-likeness (QED) is 0.713. The van der Waals surface area contributed by atoms with Gasteiger partial charge in [0.2, 0.25) is 0 Å². The van der Waals surface area contributed by atoms with Gasteiger partial charge in [-0.05, 0) is 5.56 Å². The molecule has 1 aromatic rings. The van der Waals surface area contributed by atoms with Gasteiger partial charge < -0.3 is 15.2 Å². The van der Waals surface area contributed by atoms with E-state index in [0.717, 1.165) is 5.56 Å². The van der Waals surface area contributed by atoms with Crippen LogP contribution in [0.15, 0.2) is 30.3 Å². The van der Waals surface area contributed by atoms with Crippen molar-refractivity contribution < 1.29 is 14.7 Å². The lowest BCUT2D eigenvalue weighted by Crippen LogP contribution is -2.26. The lowest BCUT2D eigenvalue weighted by atomic mass is 10.1. The van der Waals surface area contributed by atoms with Crippen LogP contribution in [0.4, 0.5) is 4.79 Å². The number of aldehydes is 1. The number of hydrogen-bond donors (Lipinski definition) is 2. The molecule has 1 rings (SSSR count). The molecule has 0 aliphatic carbocycles. The van der Waals surface area contributed by atoms with Gasteiger partial charge in [0.15, 0.2) is 0 Å². The number of carbonyl (C=O) groups excluding carboxylic acids is 1. The van der Waals surface area contributed by atoms with Crippen molar-refractivity contribution >= 4 is 12.4 Å². The molecule has 2 N–H and O–H groups in total. The highest BCUT2D eigenvalue weighted by molar-refractivity contribution is 5.66. The minimum atomic E-state index is -1.12. The van der Waals surface area contributed by atoms with Crippen LogP contribution in [0.5, 0.6) is 0 Å². The van der Waals surface area contributed by atoms with E-state index in [2.05, 4.69) is 5.32 Å². The number of carbonyl (C=O) groups is 2. The van der Waals surface area contributed by atoms with Crippen molar-refractivity contribution in [2.75, 3.05) is 0 Å². The van der Waals surface area contributed by atoms with E-state index < -0.39 is 12.1 Å². The molecule has 0 aliphatic heterocycles. The first-order valence-corrected chi connectivity index (χ1v) is 4.22. The predicted octanol–water partition coefficient (Wildman–Crippen LogP) is 1.58. The van der Waals surface area contributed by atoms with Gasteiger partial charge in [-0.15, -0.1) is 0 Å². The maximum atomic E-state index is 10.4. The number of hydrogen-bond acceptors (Lipinski definition) is 2. The van der Waals surface area contributed by atoms with Crippen LogP contribution in [0.25, 0.3) is 0 Å². The maximum Gasteiger partial charge on any atom is 0.405 e. The predicted molar refractivity (Wildman–Crippen MR) is 51.0 cm³/mol. The fraction of sp³-hybridized carbons (Fsp3) is 0.200. The zero-order chi connectivity index (χ0) is 10.4. The Morgan fingerprint density at radius 1 is 1.43 bits per heavy atom. The van der Waals surface area contributed by atoms with Gasteiger partial charge >= 0.3 is 6.09 Å². The highest BCUT2D eigenvalue weighted by Gasteiger charge is 2.12. The summed E-state index contributed by atoms with van der Waals surface area (Å²) in [5, 5.41) is 10.8. The molecule has 0 spiro atoms. The Hall–Kier alpha value is -1.84. The molecule has 1 amide bonds. The SMILES string of the molecule is O=CCC(NC(=O)O)c1ccccc1. The van der Waals surface area contributed by atoms with Crippen molar-refractivity contribution in [2.24, 2.45) is 0 Å². The molecule has 1 aromatic carbocycles. The summed E-state index contributed by atoms with van der Waals surface area (Å²) in [5.41, 5.74) is 0.794. The number of rotatable bonds is 4. The summed E-state index contributed by atoms with van der Waals surface area (Å²) in [5.74, 6) is 0. The highest BCUT2D eigenvalue weighted by atomic mass is 16.4. The Bertz CT molecular complexity index is 310. The molecule has 0 aromatic heterocycles. The topological polar surface area (TPSA) is 66.4 Å². The van der Waals surface area contributed by atoms with Crippen LogP contribution < -0.4 is 5.32 Å². The third-order valence-electron chi connectivity index (χ3n) is 1.83. The molecule has 0 radical (unpaired) electrons. The van der Waals surface area contributed by atoms with E-state index in [-0.39, 0.29) is 6.42 Å². The zero-order valence-corrected chi connectivity index (χ0v) is 7.51. The number of amides is 1. The average Bonchev–Trinajstić information content (AvgIpc) is 2.18. The summed E-state index contributed by atoms with van der Waals surface area (Å²) in [6.45, 7) is 0. The van der Waals surface area contributed by atoms with E-state index in [1.165, 1.54) is 0 Å². The molecule has 0 heterocycles. The number of carboxylic acid groups (broad SMARTS) is 1. The molecular formula is C10H11NO3. The third kappa shape index (κ3) is 2.90. The second-order valence-corrected chi connectivity index (χ2v) is 2.82. The van der Waals surface area contributed by atoms with Crippen LogP contribution in [-0.4, -0.2) is 17.5 Å². The van der Waals surface area contributed by atoms with Crippen molar-refractivity contribution in [3.05, 3.63) is 35.9 Å². The molecule has 1 atom stereocenters. The standard InChI is InChI=1S/C10H11NO3/c12-7-6-9(11-10(13)14)8-4-2-1-3-5-8/h1-5,7,9,11H,6H2,(H,13,14). The Labute approximate surface area is 81.6 Å². The van der Waals surface area contributed by atoms with Gasteiger partial charge in [-0.3, -0.25) is 0 Å². The molecule has 14 heavy (non-hydrogen) atoms. The molecule has 0 aliphatic rings. The average molecular weight is 193 g/mol. The van der Waals surface area contributed by atoms with E-state index in [1.807, 2.05) is 6.07 Å². The molecule has 4 heteroatoms. The second-order valence-electron chi connectivity index (χ2n) is 2.82. The monoisotopic (exact) mass is 193 g/mol. The second kappa shape index (κ2) is 5.01. The first-order valence-electron chi connectivity index (χ1n) is 4.22. The minimum Gasteiger partial charge on any atom is -0.465 e. The summed E-state index contributed by atoms with van der Waals surface area (Å²) >= 11 is 0. The lowest BCUT2D eigenvalue weighted by molar-refractivity contribution is -0.108. The molecule has 0 fully saturated rings. The lowest BCUT2D eigenvalue weighted by Gasteiger charge is -2.13. The van der Waals surface area contributed by atoms with Crippen LogP contribution in [0, 0.1) is 0 Å². The van der Waals surface area contributed by atoms with Gasteiger partial charge in [0.1, 0.15) is 6.29 Å². The van der Waals surface area contributed by atoms with Crippen molar-refractivity contribution in [3.8, 4) is 0 Å². The fourth-order valence-corrected chi connectivity index (χ4v) is 1.21. The molecule has 0 bridgehead atoms. The zero-order valence-electron chi connectivity index (χ0n) is 7.51. The van der Waals surface area contributed by atoms with Gasteiger partial charge in [0, 0.05) is 6.42 Å². The summed E-state index contributed by atoms with van der Waals surface area (Å²) in [7, 11) is 0. The van der Waals surface area contributed by atoms with E-state index >= 15 is 0 Å². The number of benzene rings is 1. The molecule has 0 saturated heterocycles. The molecule has 4 nitrogen and oxygen atoms in total. The fourth-order valence-electron chi connectivity index (χ4n) is 1.21. The first kappa shape index (κ1) is 10.2. The maximum absolute atomic E-state index is 10.4. The molecular weight excluding hydrogens is 182 g/mol. The van der Waals surface area contributed by atoms with Crippen LogP contribution in [0.3, 0.4) is 0 Å². The molecule has 74 valence electrons. The van der Waals surface area contributed by atoms with Gasteiger partial charge in [0.25, 0.3) is 0 Å². The summed E-state index contributed by atoms with van der Waals surface area (Å²) < 4.78 is 0. The van der Waals surface area contributed by atoms with Crippen LogP contribution >= 0.6 is 0 Å². The summed E-state index contributed by atoms with van der Waals surface area (Å²) in [6.07, 6.45) is -0.273. The van der Waals surface area contributed by atoms with E-state index in [4.69, 9.17) is 5.11 Å². The summed E-state index contributed by atoms with van der Waals surface area (Å²) in [4.78, 5) is 20.8. The first-order chi connectivity index (χ1) is 6.74. The summed E-state index contributed by atoms with van der Waals surface area (Å²) in [6, 6.07) is 8.55. The van der Waals surface area contributed by atoms with Crippen molar-refractivity contribution in [1.29, 1.82) is 0 Å². The van der Waals surface area contributed by atoms with E-state index in [0.29, 0.717) is 6.29 Å². The largest absolute Gasteiger partial charge is 0.465 e. The van der Waals surface area contributed by atoms with E-state index in [9.17, 15) is 9.59 Å². The van der Waals surface area contributed by atoms with Crippen molar-refractivity contribution in [2.45, 2.75) is 12.5 Å². The van der Waals surface area contributed by atoms with Gasteiger partial charge in [-0.2, -0.15) is 0 Å². The van der Waals surface area contributed by atoms with Crippen molar-refractivity contribution in [3.63, 3.8) is 0 Å². The molecule has 1 unspecified atom stereocenters. The Balaban J connectivity index is 2.77. The normalized spacial score (nSPS) is 11.7. The van der Waals surface area contributed by atoms with Gasteiger partial charge in [-0.25, -0.2) is 4.79 Å². The Kier molecular flexibility index (Phi) is 3.67. The Morgan fingerprint density at radius 3 is 2.57 bits per heavy atom. The van der Waals surface area contributed by atoms with E-state index in [1.54, 1.807) is 24.3 Å². The Morgan fingerprint density at radius 2 is 2.07 bits per heavy atom. The van der Waals surface area contributed by atoms with Crippen LogP contribution in [0.1, 0.15) is 18.0 Å². The van der Waals surface area contributed by atoms with Gasteiger partial charge in [-0.1, -0.05) is 30.3 Å². The van der Waals surface area contributed by atoms with Crippen LogP contribution in [-0.2, 0) is 4.79 Å². The number of nitrogens with one attached hydrogen (secondary N) is 1. The highest BCUT2D eigenvalue weighted by Crippen LogP contribution is 2.14. The smallest absolute Gasteiger partial charge is 0.405 e. The van der Waals surface area contributed by atoms with Crippen LogP contribution in [0.2, 0.25) is 0 Å². The van der Waals surface area contributed by atoms with Crippen molar-refractivity contribution in [1.82, 2.24) is 5.32 Å². The third-order valence-corrected chi connectivity index (χ3v) is 1.83. The molecule has 0 saturated carbocycles.